The lowest BCUT2D eigenvalue weighted by Gasteiger charge is -2.42. The van der Waals surface area contributed by atoms with Crippen molar-refractivity contribution in [2.24, 2.45) is 0 Å². The molecule has 0 fully saturated rings. The lowest BCUT2D eigenvalue weighted by atomic mass is 9.96. The maximum absolute atomic E-state index is 13.6. The molecule has 2 atom stereocenters. The Labute approximate surface area is 277 Å². The summed E-state index contributed by atoms with van der Waals surface area (Å²) in [6, 6.07) is 22.2. The van der Waals surface area contributed by atoms with Gasteiger partial charge in [-0.25, -0.2) is 0 Å². The number of alkyl halides is 3. The van der Waals surface area contributed by atoms with Crippen molar-refractivity contribution in [3.63, 3.8) is 0 Å². The molecule has 2 aliphatic heterocycles. The van der Waals surface area contributed by atoms with Gasteiger partial charge in [-0.1, -0.05) is 86.1 Å². The van der Waals surface area contributed by atoms with E-state index in [4.69, 9.17) is 16.7 Å². The number of amides is 2. The number of nitrogens with one attached hydrogen (secondary N) is 1. The van der Waals surface area contributed by atoms with E-state index in [-0.39, 0.29) is 30.1 Å². The lowest BCUT2D eigenvalue weighted by Crippen LogP contribution is -2.65. The van der Waals surface area contributed by atoms with Crippen LogP contribution in [0.3, 0.4) is 0 Å². The quantitative estimate of drug-likeness (QED) is 0.244. The van der Waals surface area contributed by atoms with E-state index in [1.54, 1.807) is 4.68 Å². The van der Waals surface area contributed by atoms with Crippen molar-refractivity contribution in [3.8, 4) is 0 Å². The number of carbonyl (C=O) groups is 2. The third kappa shape index (κ3) is 5.89. The largest absolute Gasteiger partial charge is 0.424 e. The highest BCUT2D eigenvalue weighted by atomic mass is 35.5. The van der Waals surface area contributed by atoms with Gasteiger partial charge < -0.3 is 15.0 Å². The van der Waals surface area contributed by atoms with Crippen LogP contribution in [0.2, 0.25) is 10.1 Å². The van der Waals surface area contributed by atoms with Gasteiger partial charge in [0.05, 0.1) is 28.9 Å². The van der Waals surface area contributed by atoms with E-state index in [0.717, 1.165) is 22.5 Å². The molecule has 2 N–H and O–H groups in total. The number of nitrogens with zero attached hydrogens (tertiary/aromatic N) is 3. The van der Waals surface area contributed by atoms with Gasteiger partial charge in [-0.3, -0.25) is 14.3 Å². The number of aromatic nitrogens is 2. The molecule has 0 bridgehead atoms. The molecule has 0 saturated heterocycles. The summed E-state index contributed by atoms with van der Waals surface area (Å²) in [5.41, 5.74) is 0.463. The summed E-state index contributed by atoms with van der Waals surface area (Å²) in [6.45, 7) is 6.42. The second kappa shape index (κ2) is 12.3. The van der Waals surface area contributed by atoms with Crippen LogP contribution in [0.25, 0.3) is 0 Å². The molecule has 1 aromatic heterocycles. The van der Waals surface area contributed by atoms with Gasteiger partial charge in [-0.15, -0.1) is 0 Å². The molecule has 47 heavy (non-hydrogen) atoms. The lowest BCUT2D eigenvalue weighted by molar-refractivity contribution is -0.137. The van der Waals surface area contributed by atoms with E-state index >= 15 is 0 Å². The molecule has 4 aromatic rings. The highest BCUT2D eigenvalue weighted by Gasteiger charge is 2.50. The van der Waals surface area contributed by atoms with Gasteiger partial charge in [0.1, 0.15) is 5.69 Å². The van der Waals surface area contributed by atoms with Crippen molar-refractivity contribution >= 4 is 42.1 Å². The maximum atomic E-state index is 13.6. The van der Waals surface area contributed by atoms with Gasteiger partial charge in [0.2, 0.25) is 0 Å². The third-order valence-electron chi connectivity index (χ3n) is 9.74. The van der Waals surface area contributed by atoms with E-state index in [1.807, 2.05) is 67.6 Å². The van der Waals surface area contributed by atoms with E-state index in [1.165, 1.54) is 11.0 Å². The van der Waals surface area contributed by atoms with E-state index in [0.29, 0.717) is 42.8 Å². The molecule has 2 aliphatic rings. The molecule has 246 valence electrons. The Morgan fingerprint density at radius 3 is 2.26 bits per heavy atom. The molecule has 0 radical (unpaired) electrons. The molecule has 3 aromatic carbocycles. The number of hydrogen-bond acceptors (Lipinski definition) is 4. The molecular weight excluding hydrogens is 645 g/mol. The predicted octanol–water partition coefficient (Wildman–Crippen LogP) is 5.74. The van der Waals surface area contributed by atoms with Crippen LogP contribution in [0.5, 0.6) is 0 Å². The fourth-order valence-electron chi connectivity index (χ4n) is 7.00. The van der Waals surface area contributed by atoms with Crippen molar-refractivity contribution in [1.82, 2.24) is 20.0 Å². The molecule has 12 heteroatoms. The molecule has 6 rings (SSSR count). The Morgan fingerprint density at radius 1 is 1.04 bits per heavy atom. The van der Waals surface area contributed by atoms with E-state index < -0.39 is 36.0 Å². The predicted molar refractivity (Wildman–Crippen MR) is 176 cm³/mol. The molecule has 3 heterocycles. The summed E-state index contributed by atoms with van der Waals surface area (Å²) < 4.78 is 42.4. The van der Waals surface area contributed by atoms with Crippen molar-refractivity contribution < 1.29 is 27.6 Å². The first kappa shape index (κ1) is 33.0. The fraction of sp³-hybridized carbons (Fsp3) is 0.343. The van der Waals surface area contributed by atoms with Crippen LogP contribution in [0.15, 0.2) is 78.9 Å². The summed E-state index contributed by atoms with van der Waals surface area (Å²) in [5.74, 6) is -0.882. The summed E-state index contributed by atoms with van der Waals surface area (Å²) in [7, 11) is -3.25. The fourth-order valence-corrected chi connectivity index (χ4v) is 11.0. The van der Waals surface area contributed by atoms with Crippen molar-refractivity contribution in [1.29, 1.82) is 0 Å². The molecule has 0 spiro atoms. The summed E-state index contributed by atoms with van der Waals surface area (Å²) >= 11 is 5.79. The second-order valence-corrected chi connectivity index (χ2v) is 17.5. The Hall–Kier alpha value is -3.93. The number of carbonyl (C=O) groups excluding carboxylic acids is 2. The zero-order valence-electron chi connectivity index (χ0n) is 26.3. The number of hydrogen-bond donors (Lipinski definition) is 2. The van der Waals surface area contributed by atoms with Crippen LogP contribution in [0.4, 0.5) is 13.2 Å². The topological polar surface area (TPSA) is 87.5 Å². The van der Waals surface area contributed by atoms with Gasteiger partial charge in [-0.2, -0.15) is 18.3 Å². The van der Waals surface area contributed by atoms with Gasteiger partial charge in [0, 0.05) is 30.1 Å². The van der Waals surface area contributed by atoms with Crippen molar-refractivity contribution in [2.75, 3.05) is 6.54 Å². The minimum atomic E-state index is -4.71. The first-order valence-electron chi connectivity index (χ1n) is 15.6. The highest BCUT2D eigenvalue weighted by molar-refractivity contribution is 6.98. The van der Waals surface area contributed by atoms with Crippen LogP contribution >= 0.6 is 11.6 Å². The Balaban J connectivity index is 1.28. The first-order valence-corrected chi connectivity index (χ1v) is 17.9. The number of halogens is 4. The molecule has 2 amide bonds. The van der Waals surface area contributed by atoms with Gasteiger partial charge in [-0.05, 0) is 53.4 Å². The highest BCUT2D eigenvalue weighted by Crippen LogP contribution is 2.42. The minimum Gasteiger partial charge on any atom is -0.424 e. The maximum Gasteiger partial charge on any atom is 0.417 e. The van der Waals surface area contributed by atoms with Crippen LogP contribution in [-0.2, 0) is 19.1 Å². The third-order valence-corrected chi connectivity index (χ3v) is 14.6. The Morgan fingerprint density at radius 2 is 1.66 bits per heavy atom. The summed E-state index contributed by atoms with van der Waals surface area (Å²) in [4.78, 5) is 40.9. The second-order valence-electron chi connectivity index (χ2n) is 13.1. The minimum absolute atomic E-state index is 0.0367. The summed E-state index contributed by atoms with van der Waals surface area (Å²) in [6.07, 6.45) is -3.09. The SMILES string of the molecule is C[C@@H]1Cc2nn3c(c2CN1C(=O)c1ccc(Cl)c(C(F)(F)F)c1)C(=O)NC[C@H]3CCC(C)(C)[Si](O)(c1ccccc1)c1ccccc1. The van der Waals surface area contributed by atoms with E-state index in [9.17, 15) is 27.6 Å². The normalized spacial score (nSPS) is 18.4. The van der Waals surface area contributed by atoms with Crippen LogP contribution in [0, 0.1) is 0 Å². The van der Waals surface area contributed by atoms with E-state index in [2.05, 4.69) is 19.2 Å². The van der Waals surface area contributed by atoms with Crippen LogP contribution in [0.1, 0.15) is 77.3 Å². The van der Waals surface area contributed by atoms with Gasteiger partial charge >= 0.3 is 6.18 Å². The Bertz CT molecular complexity index is 1770. The Kier molecular flexibility index (Phi) is 8.61. The first-order chi connectivity index (χ1) is 22.2. The van der Waals surface area contributed by atoms with Crippen LogP contribution in [-0.4, -0.2) is 52.2 Å². The standard InChI is InChI=1S/C35H36ClF3N4O3Si/c1-22-18-30-27(21-42(22)33(45)23-14-15-29(36)28(19-23)35(37,38)39)31-32(44)40-20-24(43(31)41-30)16-17-34(2,3)47(46,25-10-6-4-7-11-25)26-12-8-5-9-13-26/h4-15,19,22,24,46H,16-18,20-21H2,1-3H3,(H,40,44)/t22-,24-/m1/s1. The van der Waals surface area contributed by atoms with Crippen LogP contribution < -0.4 is 15.7 Å². The van der Waals surface area contributed by atoms with Gasteiger partial charge in [0.25, 0.3) is 20.1 Å². The molecule has 0 saturated carbocycles. The average Bonchev–Trinajstić information content (AvgIpc) is 3.42. The summed E-state index contributed by atoms with van der Waals surface area (Å²) in [5, 5.41) is 8.72. The molecule has 0 unspecified atom stereocenters. The smallest absolute Gasteiger partial charge is 0.417 e. The van der Waals surface area contributed by atoms with Crippen molar-refractivity contribution in [3.05, 3.63) is 112 Å². The molecular formula is C35H36ClF3N4O3Si. The van der Waals surface area contributed by atoms with Crippen molar-refractivity contribution in [2.45, 2.75) is 69.9 Å². The zero-order chi connectivity index (χ0) is 33.7. The number of benzene rings is 3. The number of fused-ring (bicyclic) bond motifs is 3. The monoisotopic (exact) mass is 680 g/mol. The molecule has 0 aliphatic carbocycles. The zero-order valence-corrected chi connectivity index (χ0v) is 28.1. The average molecular weight is 681 g/mol. The van der Waals surface area contributed by atoms with Gasteiger partial charge in [0.15, 0.2) is 0 Å². The number of rotatable bonds is 7. The molecule has 7 nitrogen and oxygen atoms in total.